The quantitative estimate of drug-likeness (QED) is 0.0422. The third-order valence-corrected chi connectivity index (χ3v) is 23.5. The summed E-state index contributed by atoms with van der Waals surface area (Å²) >= 11 is 6.59. The summed E-state index contributed by atoms with van der Waals surface area (Å²) in [5, 5.41) is 21.2. The summed E-state index contributed by atoms with van der Waals surface area (Å²) in [6.07, 6.45) is 22.1. The van der Waals surface area contributed by atoms with Crippen molar-refractivity contribution in [2.24, 2.45) is 0 Å². The van der Waals surface area contributed by atoms with Crippen LogP contribution in [0.1, 0.15) is 169 Å². The molecule has 15 aromatic heterocycles. The van der Waals surface area contributed by atoms with E-state index in [2.05, 4.69) is 104 Å². The number of carbonyl (C=O) groups excluding carboxylic acids is 4. The Hall–Kier alpha value is -13.4. The summed E-state index contributed by atoms with van der Waals surface area (Å²) in [6.45, 7) is 40.7. The van der Waals surface area contributed by atoms with Crippen molar-refractivity contribution in [1.82, 2.24) is 107 Å². The number of Topliss-reactive ketones (excluding diaryl/α,β-unsaturated/α-hetero) is 1. The molecule has 0 aliphatic carbocycles. The van der Waals surface area contributed by atoms with Crippen molar-refractivity contribution < 1.29 is 42.7 Å². The van der Waals surface area contributed by atoms with Crippen LogP contribution in [0.25, 0.3) is 84.3 Å². The molecule has 19 rings (SSSR count). The Morgan fingerprint density at radius 2 is 0.890 bits per heavy atom. The van der Waals surface area contributed by atoms with Crippen molar-refractivity contribution in [2.45, 2.75) is 180 Å². The molecule has 0 unspecified atom stereocenters. The van der Waals surface area contributed by atoms with Crippen LogP contribution in [-0.4, -0.2) is 201 Å². The third-order valence-electron chi connectivity index (χ3n) is 22.5. The van der Waals surface area contributed by atoms with Crippen LogP contribution in [0.3, 0.4) is 0 Å². The molecule has 39 heteroatoms. The zero-order chi connectivity index (χ0) is 97.0. The number of aryl methyl sites for hydroxylation is 8. The lowest BCUT2D eigenvalue weighted by Crippen LogP contribution is -2.41. The summed E-state index contributed by atoms with van der Waals surface area (Å²) in [5.74, 6) is -0.331. The number of carbonyl (C=O) groups is 4. The number of hydrogen-bond donors (Lipinski definition) is 2. The van der Waals surface area contributed by atoms with Crippen LogP contribution in [0, 0.1) is 55.4 Å². The summed E-state index contributed by atoms with van der Waals surface area (Å²) in [7, 11) is -0.314. The molecule has 15 aromatic rings. The Morgan fingerprint density at radius 1 is 0.485 bits per heavy atom. The molecule has 0 atom stereocenters. The van der Waals surface area contributed by atoms with E-state index >= 15 is 0 Å². The molecule has 1 fully saturated rings. The van der Waals surface area contributed by atoms with Crippen LogP contribution >= 0.6 is 44.3 Å². The molecule has 0 bridgehead atoms. The second kappa shape index (κ2) is 41.4. The molecular formula is C97H109BBr2ClN23O12. The fourth-order valence-corrected chi connectivity index (χ4v) is 15.8. The number of anilines is 1. The lowest BCUT2D eigenvalue weighted by atomic mass is 9.75. The van der Waals surface area contributed by atoms with Gasteiger partial charge in [-0.2, -0.15) is 20.4 Å². The van der Waals surface area contributed by atoms with Gasteiger partial charge >= 0.3 is 25.3 Å². The van der Waals surface area contributed by atoms with Crippen LogP contribution in [0.2, 0.25) is 0 Å². The summed E-state index contributed by atoms with van der Waals surface area (Å²) < 4.78 is 41.1. The van der Waals surface area contributed by atoms with E-state index < -0.39 is 17.2 Å². The number of ether oxygens (including phenoxy) is 3. The van der Waals surface area contributed by atoms with E-state index in [0.717, 1.165) is 125 Å². The number of pyridine rings is 4. The van der Waals surface area contributed by atoms with E-state index in [1.54, 1.807) is 86.4 Å². The molecule has 136 heavy (non-hydrogen) atoms. The first kappa shape index (κ1) is 100. The van der Waals surface area contributed by atoms with Crippen LogP contribution in [-0.2, 0) is 28.3 Å². The van der Waals surface area contributed by atoms with Crippen molar-refractivity contribution >= 4 is 131 Å². The highest BCUT2D eigenvalue weighted by atomic mass is 79.9. The van der Waals surface area contributed by atoms with Crippen LogP contribution in [0.15, 0.2) is 188 Å². The van der Waals surface area contributed by atoms with Crippen molar-refractivity contribution in [3.8, 4) is 34.2 Å². The Labute approximate surface area is 807 Å². The fraction of sp³-hybridized carbons (Fsp3) is 0.351. The second-order valence-corrected chi connectivity index (χ2v) is 37.9. The summed E-state index contributed by atoms with van der Waals surface area (Å²) in [4.78, 5) is 124. The molecule has 4 aliphatic heterocycles. The fourth-order valence-electron chi connectivity index (χ4n) is 15.2. The number of halogens is 3. The van der Waals surface area contributed by atoms with Gasteiger partial charge in [0.2, 0.25) is 0 Å². The van der Waals surface area contributed by atoms with E-state index in [1.165, 1.54) is 22.1 Å². The Balaban J connectivity index is 0.000000142. The molecule has 0 spiro atoms. The molecule has 3 N–H and O–H groups in total. The largest absolute Gasteiger partial charge is 0.490 e. The molecule has 2 amide bonds. The molecule has 35 nitrogen and oxygen atoms in total. The number of nitrogen functional groups attached to an aromatic ring is 1. The van der Waals surface area contributed by atoms with Crippen molar-refractivity contribution in [3.05, 3.63) is 267 Å². The standard InChI is InChI=1S/C26H28N6O3.C21H20N6O.C16H28BNO4.C16H12BrN5O.C13H15N3O3.C5H5BrN2.ClH/c1-16-14-32-22(17(2)27-16)12-21(29-32)20-13-24(33)31-15-19(6-7-23(31)28-20)18-8-10-30(11-9-18)25(34)35-26(3,4)5;1-13-11-27-19(14(2)23-13)9-18(25-27)17-10-21(28)26-12-16(3-4-20(26)24-17)15-5-7-22-8-6-15;1-14(2,3)20-13(19)18-10-8-12(9-11-18)17-21-15(4,5)16(6,7)22-17;1-9-7-22-14(10(2)18-9)5-13(20-22)12-6-16(23)21-8-11(17)3-4-15(21)19-12;1-4-19-13(18)6-12(17)10-5-11-9(3)14-8(2)7-16(11)15-10;6-4-1-2-5(7)8-3-4;/h6-8,12-15H,9-11H2,1-5H3;3-5,9-12,22H,6-8H2,1-2H3;8H,9-11H2,1-7H3;3-8H,1-2H3;5,7H,4,6H2,1-3H3;1-3H,(H2,7,8);1H. The van der Waals surface area contributed by atoms with Crippen molar-refractivity contribution in [2.75, 3.05) is 51.6 Å². The molecule has 4 aliphatic rings. The molecule has 0 aromatic carbocycles. The number of amides is 2. The lowest BCUT2D eigenvalue weighted by Gasteiger charge is -2.32. The number of nitrogens with two attached hydrogens (primary N) is 1. The monoisotopic (exact) mass is 1990 g/mol. The van der Waals surface area contributed by atoms with Gasteiger partial charge in [0.05, 0.1) is 127 Å². The third kappa shape index (κ3) is 24.1. The van der Waals surface area contributed by atoms with Crippen LogP contribution in [0.4, 0.5) is 15.4 Å². The smallest absolute Gasteiger partial charge is 0.466 e. The Kier molecular flexibility index (Phi) is 30.5. The first-order valence-electron chi connectivity index (χ1n) is 44.2. The highest BCUT2D eigenvalue weighted by Crippen LogP contribution is 2.40. The predicted octanol–water partition coefficient (Wildman–Crippen LogP) is 15.7. The molecule has 19 heterocycles. The van der Waals surface area contributed by atoms with Crippen molar-refractivity contribution in [1.29, 1.82) is 0 Å². The number of aromatic nitrogens is 19. The summed E-state index contributed by atoms with van der Waals surface area (Å²) in [6, 6.07) is 26.9. The van der Waals surface area contributed by atoms with Gasteiger partial charge in [-0.05, 0) is 290 Å². The zero-order valence-corrected chi connectivity index (χ0v) is 83.4. The van der Waals surface area contributed by atoms with Crippen LogP contribution in [0.5, 0.6) is 0 Å². The number of esters is 1. The van der Waals surface area contributed by atoms with E-state index in [-0.39, 0.29) is 84.1 Å². The maximum absolute atomic E-state index is 13.0. The maximum atomic E-state index is 13.0. The van der Waals surface area contributed by atoms with Crippen LogP contribution < -0.4 is 27.7 Å². The van der Waals surface area contributed by atoms with Gasteiger partial charge in [-0.15, -0.1) is 12.4 Å². The van der Waals surface area contributed by atoms with Crippen molar-refractivity contribution in [3.63, 3.8) is 0 Å². The van der Waals surface area contributed by atoms with Gasteiger partial charge in [-0.3, -0.25) is 57.1 Å². The molecular weight excluding hydrogens is 1890 g/mol. The Bertz CT molecular complexity index is 7370. The predicted molar refractivity (Wildman–Crippen MR) is 531 cm³/mol. The number of nitrogens with zero attached hydrogens (tertiary/aromatic N) is 21. The first-order valence-corrected chi connectivity index (χ1v) is 45.7. The zero-order valence-electron chi connectivity index (χ0n) is 79.4. The van der Waals surface area contributed by atoms with Gasteiger partial charge < -0.3 is 44.4 Å². The molecule has 1 saturated heterocycles. The summed E-state index contributed by atoms with van der Waals surface area (Å²) in [5.41, 5.74) is 24.6. The van der Waals surface area contributed by atoms with E-state index in [1.807, 2.05) is 222 Å². The minimum absolute atomic E-state index is 0. The topological polar surface area (TPSA) is 396 Å². The van der Waals surface area contributed by atoms with E-state index in [0.29, 0.717) is 89.5 Å². The Morgan fingerprint density at radius 3 is 1.27 bits per heavy atom. The number of nitrogens with one attached hydrogen (secondary N) is 1. The van der Waals surface area contributed by atoms with Gasteiger partial charge in [-0.25, -0.2) is 47.6 Å². The second-order valence-electron chi connectivity index (χ2n) is 36.1. The lowest BCUT2D eigenvalue weighted by molar-refractivity contribution is -0.142. The number of rotatable bonds is 10. The molecule has 0 radical (unpaired) electrons. The highest BCUT2D eigenvalue weighted by Gasteiger charge is 2.52. The normalized spacial score (nSPS) is 14.6. The molecule has 708 valence electrons. The number of fused-ring (bicyclic) bond motifs is 7. The minimum Gasteiger partial charge on any atom is -0.466 e. The average molecular weight is 2000 g/mol. The van der Waals surface area contributed by atoms with Gasteiger partial charge in [0.15, 0.2) is 5.78 Å². The SMILES string of the molecule is CC(C)(C)OC(=O)N1CC=C(B2OC(C)(C)C(C)(C)O2)CC1.CCOC(=O)CC(=O)c1cc2c(C)nc(C)cn2n1.Cc1cn2nc(-c3cc(=O)n4cc(Br)ccc4n3)cc2c(C)n1.Cc1cn2nc(-c3cc(=O)n4cc(C5=CCN(C(=O)OC(C)(C)C)CC5)ccc4n3)cc2c(C)n1.Cc1cn2nc(-c3cc(=O)n4cc(C5=CCNCC5)ccc4n3)cc2c(C)n1.Cl.Nc1ccc(Br)cn1. The number of ketones is 1. The van der Waals surface area contributed by atoms with Gasteiger partial charge in [0, 0.05) is 84.7 Å². The minimum atomic E-state index is -0.532. The maximum Gasteiger partial charge on any atom is 0.490 e. The average Bonchev–Trinajstić information content (AvgIpc) is 1.60. The van der Waals surface area contributed by atoms with E-state index in [4.69, 9.17) is 29.3 Å². The first-order chi connectivity index (χ1) is 63.9. The van der Waals surface area contributed by atoms with Gasteiger partial charge in [0.1, 0.15) is 63.2 Å². The van der Waals surface area contributed by atoms with Gasteiger partial charge in [0.25, 0.3) is 16.7 Å². The van der Waals surface area contributed by atoms with Gasteiger partial charge in [-0.1, -0.05) is 18.2 Å². The van der Waals surface area contributed by atoms with E-state index in [9.17, 15) is 33.6 Å². The highest BCUT2D eigenvalue weighted by molar-refractivity contribution is 9.10. The number of hydrogen-bond acceptors (Lipinski definition) is 26. The molecule has 0 saturated carbocycles.